The molecule has 0 amide bonds. The minimum Gasteiger partial charge on any atom is -0.366 e. The van der Waals surface area contributed by atoms with Crippen LogP contribution in [0.2, 0.25) is 5.15 Å². The van der Waals surface area contributed by atoms with Crippen molar-refractivity contribution in [2.24, 2.45) is 0 Å². The number of halogens is 1. The largest absolute Gasteiger partial charge is 0.366 e. The molecule has 0 bridgehead atoms. The Morgan fingerprint density at radius 2 is 1.69 bits per heavy atom. The number of anilines is 1. The van der Waals surface area contributed by atoms with Gasteiger partial charge in [-0.1, -0.05) is 43.7 Å². The number of hydrogen-bond acceptors (Lipinski definition) is 3. The Hall–Kier alpha value is -0.830. The van der Waals surface area contributed by atoms with E-state index in [1.807, 2.05) is 6.07 Å². The molecule has 1 aromatic rings. The van der Waals surface area contributed by atoms with E-state index >= 15 is 0 Å². The third kappa shape index (κ3) is 3.63. The Labute approximate surface area is 102 Å². The Morgan fingerprint density at radius 3 is 2.31 bits per heavy atom. The molecule has 1 heterocycles. The van der Waals surface area contributed by atoms with E-state index in [2.05, 4.69) is 15.5 Å². The van der Waals surface area contributed by atoms with Gasteiger partial charge in [0.05, 0.1) is 0 Å². The van der Waals surface area contributed by atoms with Gasteiger partial charge in [0.15, 0.2) is 5.15 Å². The van der Waals surface area contributed by atoms with Crippen molar-refractivity contribution in [1.82, 2.24) is 10.2 Å². The van der Waals surface area contributed by atoms with Crippen molar-refractivity contribution in [3.63, 3.8) is 0 Å². The molecule has 16 heavy (non-hydrogen) atoms. The van der Waals surface area contributed by atoms with Crippen molar-refractivity contribution < 1.29 is 0 Å². The van der Waals surface area contributed by atoms with Crippen LogP contribution in [0.4, 0.5) is 5.82 Å². The second-order valence-electron chi connectivity index (χ2n) is 4.43. The van der Waals surface area contributed by atoms with Crippen LogP contribution in [0.15, 0.2) is 12.1 Å². The minimum atomic E-state index is 0.447. The first kappa shape index (κ1) is 11.6. The number of hydrogen-bond donors (Lipinski definition) is 1. The summed E-state index contributed by atoms with van der Waals surface area (Å²) >= 11 is 5.70. The molecular weight excluding hydrogens is 222 g/mol. The molecule has 1 saturated carbocycles. The normalized spacial score (nSPS) is 18.8. The average Bonchev–Trinajstić information content (AvgIpc) is 2.25. The van der Waals surface area contributed by atoms with Crippen molar-refractivity contribution >= 4 is 17.4 Å². The third-order valence-electron chi connectivity index (χ3n) is 3.09. The zero-order valence-electron chi connectivity index (χ0n) is 9.45. The Balaban J connectivity index is 1.89. The first-order valence-corrected chi connectivity index (χ1v) is 6.48. The van der Waals surface area contributed by atoms with Gasteiger partial charge in [0.25, 0.3) is 0 Å². The summed E-state index contributed by atoms with van der Waals surface area (Å²) in [7, 11) is 0. The second kappa shape index (κ2) is 6.04. The zero-order valence-corrected chi connectivity index (χ0v) is 10.2. The summed E-state index contributed by atoms with van der Waals surface area (Å²) in [6.45, 7) is 0. The van der Waals surface area contributed by atoms with E-state index < -0.39 is 0 Å². The van der Waals surface area contributed by atoms with Crippen LogP contribution in [0.3, 0.4) is 0 Å². The molecule has 2 rings (SSSR count). The lowest BCUT2D eigenvalue weighted by molar-refractivity contribution is 0.470. The SMILES string of the molecule is Clc1ccc(NC2CCCCCCC2)nn1. The smallest absolute Gasteiger partial charge is 0.151 e. The maximum Gasteiger partial charge on any atom is 0.151 e. The van der Waals surface area contributed by atoms with Crippen LogP contribution >= 0.6 is 11.6 Å². The molecular formula is C12H18ClN3. The second-order valence-corrected chi connectivity index (χ2v) is 4.81. The third-order valence-corrected chi connectivity index (χ3v) is 3.29. The van der Waals surface area contributed by atoms with E-state index in [1.165, 1.54) is 44.9 Å². The lowest BCUT2D eigenvalue weighted by Crippen LogP contribution is -2.21. The van der Waals surface area contributed by atoms with Gasteiger partial charge in [-0.25, -0.2) is 0 Å². The summed E-state index contributed by atoms with van der Waals surface area (Å²) < 4.78 is 0. The highest BCUT2D eigenvalue weighted by Crippen LogP contribution is 2.19. The van der Waals surface area contributed by atoms with Crippen molar-refractivity contribution in [3.05, 3.63) is 17.3 Å². The first-order chi connectivity index (χ1) is 7.84. The van der Waals surface area contributed by atoms with Gasteiger partial charge < -0.3 is 5.32 Å². The molecule has 0 aromatic carbocycles. The van der Waals surface area contributed by atoms with Crippen LogP contribution in [0, 0.1) is 0 Å². The molecule has 0 unspecified atom stereocenters. The maximum atomic E-state index is 5.70. The molecule has 3 nitrogen and oxygen atoms in total. The summed E-state index contributed by atoms with van der Waals surface area (Å²) in [5, 5.41) is 11.8. The van der Waals surface area contributed by atoms with E-state index in [0.29, 0.717) is 11.2 Å². The number of nitrogens with one attached hydrogen (secondary N) is 1. The number of aromatic nitrogens is 2. The van der Waals surface area contributed by atoms with Gasteiger partial charge in [0.1, 0.15) is 5.82 Å². The molecule has 1 aromatic heterocycles. The molecule has 0 aliphatic heterocycles. The van der Waals surface area contributed by atoms with Gasteiger partial charge in [-0.2, -0.15) is 0 Å². The van der Waals surface area contributed by atoms with Gasteiger partial charge in [-0.05, 0) is 25.0 Å². The Morgan fingerprint density at radius 1 is 1.00 bits per heavy atom. The van der Waals surface area contributed by atoms with E-state index in [0.717, 1.165) is 5.82 Å². The topological polar surface area (TPSA) is 37.8 Å². The van der Waals surface area contributed by atoms with Crippen LogP contribution in [0.1, 0.15) is 44.9 Å². The molecule has 0 saturated heterocycles. The van der Waals surface area contributed by atoms with Crippen LogP contribution < -0.4 is 5.32 Å². The van der Waals surface area contributed by atoms with Crippen LogP contribution in [0.25, 0.3) is 0 Å². The van der Waals surface area contributed by atoms with Gasteiger partial charge >= 0.3 is 0 Å². The number of rotatable bonds is 2. The van der Waals surface area contributed by atoms with Crippen molar-refractivity contribution in [2.45, 2.75) is 51.0 Å². The molecule has 1 fully saturated rings. The number of nitrogens with zero attached hydrogens (tertiary/aromatic N) is 2. The minimum absolute atomic E-state index is 0.447. The van der Waals surface area contributed by atoms with E-state index in [1.54, 1.807) is 6.07 Å². The first-order valence-electron chi connectivity index (χ1n) is 6.10. The fourth-order valence-corrected chi connectivity index (χ4v) is 2.30. The Kier molecular flexibility index (Phi) is 4.40. The van der Waals surface area contributed by atoms with Crippen molar-refractivity contribution in [2.75, 3.05) is 5.32 Å². The van der Waals surface area contributed by atoms with E-state index in [4.69, 9.17) is 11.6 Å². The quantitative estimate of drug-likeness (QED) is 0.856. The monoisotopic (exact) mass is 239 g/mol. The van der Waals surface area contributed by atoms with Gasteiger partial charge in [0, 0.05) is 6.04 Å². The predicted molar refractivity (Wildman–Crippen MR) is 66.8 cm³/mol. The van der Waals surface area contributed by atoms with E-state index in [-0.39, 0.29) is 0 Å². The summed E-state index contributed by atoms with van der Waals surface area (Å²) in [5.41, 5.74) is 0. The molecule has 0 spiro atoms. The van der Waals surface area contributed by atoms with Crippen molar-refractivity contribution in [3.8, 4) is 0 Å². The summed E-state index contributed by atoms with van der Waals surface area (Å²) in [6, 6.07) is 4.23. The highest BCUT2D eigenvalue weighted by molar-refractivity contribution is 6.29. The van der Waals surface area contributed by atoms with E-state index in [9.17, 15) is 0 Å². The fourth-order valence-electron chi connectivity index (χ4n) is 2.20. The molecule has 4 heteroatoms. The molecule has 1 N–H and O–H groups in total. The lowest BCUT2D eigenvalue weighted by atomic mass is 9.97. The molecule has 0 atom stereocenters. The summed E-state index contributed by atoms with van der Waals surface area (Å²) in [6.07, 6.45) is 9.24. The van der Waals surface area contributed by atoms with Crippen LogP contribution in [-0.2, 0) is 0 Å². The zero-order chi connectivity index (χ0) is 11.2. The maximum absolute atomic E-state index is 5.70. The molecule has 0 radical (unpaired) electrons. The average molecular weight is 240 g/mol. The Bertz CT molecular complexity index is 305. The highest BCUT2D eigenvalue weighted by atomic mass is 35.5. The van der Waals surface area contributed by atoms with Gasteiger partial charge in [-0.3, -0.25) is 0 Å². The molecule has 88 valence electrons. The highest BCUT2D eigenvalue weighted by Gasteiger charge is 2.11. The standard InChI is InChI=1S/C12H18ClN3/c13-11-8-9-12(16-15-11)14-10-6-4-2-1-3-5-7-10/h8-10H,1-7H2,(H,14,16). The molecule has 1 aliphatic carbocycles. The molecule has 1 aliphatic rings. The lowest BCUT2D eigenvalue weighted by Gasteiger charge is -2.21. The van der Waals surface area contributed by atoms with Crippen LogP contribution in [-0.4, -0.2) is 16.2 Å². The van der Waals surface area contributed by atoms with Crippen LogP contribution in [0.5, 0.6) is 0 Å². The summed E-state index contributed by atoms with van der Waals surface area (Å²) in [4.78, 5) is 0. The van der Waals surface area contributed by atoms with Crippen molar-refractivity contribution in [1.29, 1.82) is 0 Å². The van der Waals surface area contributed by atoms with Gasteiger partial charge in [0.2, 0.25) is 0 Å². The van der Waals surface area contributed by atoms with Gasteiger partial charge in [-0.15, -0.1) is 10.2 Å². The summed E-state index contributed by atoms with van der Waals surface area (Å²) in [5.74, 6) is 0.843. The fraction of sp³-hybridized carbons (Fsp3) is 0.667. The predicted octanol–water partition coefficient (Wildman–Crippen LogP) is 3.65.